The van der Waals surface area contributed by atoms with Gasteiger partial charge in [0.1, 0.15) is 4.90 Å². The first-order valence-electron chi connectivity index (χ1n) is 5.92. The average molecular weight is 314 g/mol. The van der Waals surface area contributed by atoms with E-state index in [0.29, 0.717) is 5.69 Å². The summed E-state index contributed by atoms with van der Waals surface area (Å²) in [5.74, 6) is -2.82. The molecular weight excluding hydrogens is 302 g/mol. The number of benzene rings is 1. The maximum absolute atomic E-state index is 13.6. The average Bonchev–Trinajstić information content (AvgIpc) is 2.48. The predicted molar refractivity (Wildman–Crippen MR) is 70.5 cm³/mol. The van der Waals surface area contributed by atoms with Crippen LogP contribution in [-0.4, -0.2) is 18.5 Å². The van der Waals surface area contributed by atoms with Gasteiger partial charge in [0.25, 0.3) is 0 Å². The van der Waals surface area contributed by atoms with E-state index in [9.17, 15) is 17.2 Å². The van der Waals surface area contributed by atoms with Crippen LogP contribution in [0.5, 0.6) is 0 Å². The molecule has 8 heteroatoms. The van der Waals surface area contributed by atoms with Gasteiger partial charge in [0, 0.05) is 6.20 Å². The van der Waals surface area contributed by atoms with Crippen molar-refractivity contribution in [1.29, 1.82) is 0 Å². The standard InChI is InChI=1S/C13H12F2N2O3S/c14-11-5-9(8-18)6-12(13(11)15)21(19,20)17-7-10-3-1-2-4-16-10/h1-6,17-18H,7-8H2. The number of pyridine rings is 1. The zero-order valence-electron chi connectivity index (χ0n) is 10.8. The number of hydrogen-bond acceptors (Lipinski definition) is 4. The van der Waals surface area contributed by atoms with Gasteiger partial charge in [0.2, 0.25) is 10.0 Å². The smallest absolute Gasteiger partial charge is 0.243 e. The van der Waals surface area contributed by atoms with Gasteiger partial charge in [0.15, 0.2) is 11.6 Å². The summed E-state index contributed by atoms with van der Waals surface area (Å²) in [5.41, 5.74) is 0.396. The number of rotatable bonds is 5. The van der Waals surface area contributed by atoms with Crippen LogP contribution in [-0.2, 0) is 23.2 Å². The van der Waals surface area contributed by atoms with E-state index in [1.807, 2.05) is 0 Å². The molecule has 0 saturated carbocycles. The Balaban J connectivity index is 2.29. The fraction of sp³-hybridized carbons (Fsp3) is 0.154. The third-order valence-corrected chi connectivity index (χ3v) is 4.10. The molecule has 1 aromatic heterocycles. The van der Waals surface area contributed by atoms with Crippen molar-refractivity contribution in [2.45, 2.75) is 18.0 Å². The molecule has 0 amide bonds. The summed E-state index contributed by atoms with van der Waals surface area (Å²) in [6.45, 7) is -0.756. The van der Waals surface area contributed by atoms with Crippen LogP contribution in [0.1, 0.15) is 11.3 Å². The predicted octanol–water partition coefficient (Wildman–Crippen LogP) is 1.33. The molecule has 21 heavy (non-hydrogen) atoms. The highest BCUT2D eigenvalue weighted by Gasteiger charge is 2.22. The van der Waals surface area contributed by atoms with E-state index >= 15 is 0 Å². The van der Waals surface area contributed by atoms with Crippen molar-refractivity contribution in [3.05, 3.63) is 59.4 Å². The number of halogens is 2. The van der Waals surface area contributed by atoms with Gasteiger partial charge in [-0.05, 0) is 29.8 Å². The molecule has 2 rings (SSSR count). The fourth-order valence-corrected chi connectivity index (χ4v) is 2.79. The van der Waals surface area contributed by atoms with Crippen LogP contribution in [0.4, 0.5) is 8.78 Å². The molecule has 0 radical (unpaired) electrons. The number of nitrogens with zero attached hydrogens (tertiary/aromatic N) is 1. The number of aliphatic hydroxyl groups is 1. The first-order chi connectivity index (χ1) is 9.94. The molecule has 0 aliphatic heterocycles. The van der Waals surface area contributed by atoms with Crippen LogP contribution in [0.15, 0.2) is 41.4 Å². The number of sulfonamides is 1. The first kappa shape index (κ1) is 15.5. The minimum atomic E-state index is -4.26. The Bertz CT molecular complexity index is 737. The molecule has 0 saturated heterocycles. The van der Waals surface area contributed by atoms with Gasteiger partial charge < -0.3 is 5.11 Å². The van der Waals surface area contributed by atoms with Gasteiger partial charge in [0.05, 0.1) is 18.8 Å². The third kappa shape index (κ3) is 3.60. The molecule has 1 aromatic carbocycles. The first-order valence-corrected chi connectivity index (χ1v) is 7.40. The molecule has 0 unspecified atom stereocenters. The van der Waals surface area contributed by atoms with Crippen LogP contribution in [0, 0.1) is 11.6 Å². The van der Waals surface area contributed by atoms with Gasteiger partial charge in [-0.2, -0.15) is 0 Å². The maximum Gasteiger partial charge on any atom is 0.243 e. The summed E-state index contributed by atoms with van der Waals surface area (Å²) < 4.78 is 53.1. The van der Waals surface area contributed by atoms with Crippen molar-refractivity contribution >= 4 is 10.0 Å². The fourth-order valence-electron chi connectivity index (χ4n) is 1.65. The van der Waals surface area contributed by atoms with Crippen molar-refractivity contribution in [2.24, 2.45) is 0 Å². The molecule has 1 heterocycles. The minimum Gasteiger partial charge on any atom is -0.392 e. The van der Waals surface area contributed by atoms with Gasteiger partial charge in [-0.3, -0.25) is 4.98 Å². The van der Waals surface area contributed by atoms with Gasteiger partial charge in [-0.25, -0.2) is 21.9 Å². The Hall–Kier alpha value is -1.90. The van der Waals surface area contributed by atoms with E-state index in [1.54, 1.807) is 18.2 Å². The van der Waals surface area contributed by atoms with Crippen LogP contribution in [0.3, 0.4) is 0 Å². The molecule has 0 spiro atoms. The van der Waals surface area contributed by atoms with Gasteiger partial charge >= 0.3 is 0 Å². The largest absolute Gasteiger partial charge is 0.392 e. The third-order valence-electron chi connectivity index (χ3n) is 2.70. The van der Waals surface area contributed by atoms with Crippen molar-refractivity contribution in [3.8, 4) is 0 Å². The van der Waals surface area contributed by atoms with E-state index < -0.39 is 33.2 Å². The van der Waals surface area contributed by atoms with E-state index in [0.717, 1.165) is 12.1 Å². The topological polar surface area (TPSA) is 79.3 Å². The second-order valence-corrected chi connectivity index (χ2v) is 5.93. The number of nitrogens with one attached hydrogen (secondary N) is 1. The van der Waals surface area contributed by atoms with E-state index in [1.165, 1.54) is 6.20 Å². The second-order valence-electron chi connectivity index (χ2n) is 4.19. The Morgan fingerprint density at radius 2 is 2.00 bits per heavy atom. The monoisotopic (exact) mass is 314 g/mol. The summed E-state index contributed by atoms with van der Waals surface area (Å²) in [4.78, 5) is 3.07. The molecule has 0 atom stereocenters. The molecule has 2 aromatic rings. The lowest BCUT2D eigenvalue weighted by molar-refractivity contribution is 0.280. The van der Waals surface area contributed by atoms with Crippen molar-refractivity contribution < 1.29 is 22.3 Å². The minimum absolute atomic E-state index is 0.0351. The van der Waals surface area contributed by atoms with E-state index in [2.05, 4.69) is 9.71 Å². The highest BCUT2D eigenvalue weighted by Crippen LogP contribution is 2.20. The zero-order valence-corrected chi connectivity index (χ0v) is 11.6. The summed E-state index contributed by atoms with van der Waals surface area (Å²) in [5, 5.41) is 8.94. The summed E-state index contributed by atoms with van der Waals surface area (Å²) in [7, 11) is -4.26. The van der Waals surface area contributed by atoms with Crippen LogP contribution in [0.2, 0.25) is 0 Å². The lowest BCUT2D eigenvalue weighted by Crippen LogP contribution is -2.25. The Kier molecular flexibility index (Phi) is 4.61. The highest BCUT2D eigenvalue weighted by molar-refractivity contribution is 7.89. The zero-order chi connectivity index (χ0) is 15.5. The molecule has 2 N–H and O–H groups in total. The molecular formula is C13H12F2N2O3S. The van der Waals surface area contributed by atoms with Crippen LogP contribution < -0.4 is 4.72 Å². The summed E-state index contributed by atoms with van der Waals surface area (Å²) >= 11 is 0. The Labute approximate surface area is 120 Å². The molecule has 0 aliphatic carbocycles. The maximum atomic E-state index is 13.6. The van der Waals surface area contributed by atoms with Gasteiger partial charge in [-0.15, -0.1) is 0 Å². The van der Waals surface area contributed by atoms with Gasteiger partial charge in [-0.1, -0.05) is 6.07 Å². The molecule has 0 bridgehead atoms. The summed E-state index contributed by atoms with van der Waals surface area (Å²) in [6, 6.07) is 6.55. The Morgan fingerprint density at radius 3 is 2.62 bits per heavy atom. The SMILES string of the molecule is O=S(=O)(NCc1ccccn1)c1cc(CO)cc(F)c1F. The van der Waals surface area contributed by atoms with Crippen LogP contribution >= 0.6 is 0 Å². The number of aliphatic hydroxyl groups excluding tert-OH is 1. The Morgan fingerprint density at radius 1 is 1.24 bits per heavy atom. The lowest BCUT2D eigenvalue weighted by Gasteiger charge is -2.09. The van der Waals surface area contributed by atoms with Crippen LogP contribution in [0.25, 0.3) is 0 Å². The molecule has 5 nitrogen and oxygen atoms in total. The normalized spacial score (nSPS) is 11.6. The molecule has 112 valence electrons. The summed E-state index contributed by atoms with van der Waals surface area (Å²) in [6.07, 6.45) is 1.48. The highest BCUT2D eigenvalue weighted by atomic mass is 32.2. The second kappa shape index (κ2) is 6.25. The van der Waals surface area contributed by atoms with E-state index in [4.69, 9.17) is 5.11 Å². The van der Waals surface area contributed by atoms with Crippen molar-refractivity contribution in [2.75, 3.05) is 0 Å². The van der Waals surface area contributed by atoms with Crippen molar-refractivity contribution in [1.82, 2.24) is 9.71 Å². The van der Waals surface area contributed by atoms with Crippen molar-refractivity contribution in [3.63, 3.8) is 0 Å². The number of aromatic nitrogens is 1. The quantitative estimate of drug-likeness (QED) is 0.872. The number of hydrogen-bond donors (Lipinski definition) is 2. The van der Waals surface area contributed by atoms with E-state index in [-0.39, 0.29) is 12.1 Å². The molecule has 0 aliphatic rings. The lowest BCUT2D eigenvalue weighted by atomic mass is 10.2. The molecule has 0 fully saturated rings.